The van der Waals surface area contributed by atoms with Crippen LogP contribution in [0.15, 0.2) is 59.5 Å². The molecule has 3 aromatic carbocycles. The van der Waals surface area contributed by atoms with Gasteiger partial charge in [0.2, 0.25) is 0 Å². The molecule has 10 heteroatoms. The third-order valence-electron chi connectivity index (χ3n) is 5.05. The predicted molar refractivity (Wildman–Crippen MR) is 116 cm³/mol. The van der Waals surface area contributed by atoms with E-state index in [4.69, 9.17) is 5.26 Å². The number of hydrogen-bond acceptors (Lipinski definition) is 5. The lowest BCUT2D eigenvalue weighted by Gasteiger charge is -2.23. The Bertz CT molecular complexity index is 1390. The van der Waals surface area contributed by atoms with Crippen LogP contribution in [0.2, 0.25) is 0 Å². The van der Waals surface area contributed by atoms with E-state index in [0.717, 1.165) is 19.1 Å². The first-order valence-electron chi connectivity index (χ1n) is 9.62. The molecule has 0 heterocycles. The summed E-state index contributed by atoms with van der Waals surface area (Å²) in [6.07, 6.45) is -4.84. The number of fused-ring (bicyclic) bond motifs is 1. The Kier molecular flexibility index (Phi) is 6.24. The number of alkyl halides is 3. The molecule has 0 saturated carbocycles. The Balaban J connectivity index is 1.92. The topological polar surface area (TPSA) is 107 Å². The first-order chi connectivity index (χ1) is 15.3. The third kappa shape index (κ3) is 4.99. The molecule has 0 fully saturated rings. The van der Waals surface area contributed by atoms with E-state index in [1.807, 2.05) is 0 Å². The lowest BCUT2D eigenvalue weighted by molar-refractivity contribution is -0.137. The Morgan fingerprint density at radius 3 is 2.42 bits per heavy atom. The minimum Gasteiger partial charge on any atom is -0.379 e. The number of nitrogens with one attached hydrogen (secondary N) is 1. The number of aliphatic hydroxyl groups is 1. The summed E-state index contributed by atoms with van der Waals surface area (Å²) in [5.41, 5.74) is -4.28. The Morgan fingerprint density at radius 2 is 1.79 bits per heavy atom. The van der Waals surface area contributed by atoms with Crippen molar-refractivity contribution in [3.63, 3.8) is 0 Å². The average molecular weight is 476 g/mol. The Hall–Kier alpha value is -3.42. The maximum absolute atomic E-state index is 13.2. The van der Waals surface area contributed by atoms with Crippen LogP contribution in [-0.4, -0.2) is 30.8 Å². The molecule has 0 aliphatic heterocycles. The highest BCUT2D eigenvalue weighted by molar-refractivity contribution is 7.91. The summed E-state index contributed by atoms with van der Waals surface area (Å²) in [6.45, 7) is 2.55. The van der Waals surface area contributed by atoms with Crippen molar-refractivity contribution in [1.29, 1.82) is 5.26 Å². The fourth-order valence-electron chi connectivity index (χ4n) is 3.49. The molecule has 0 saturated heterocycles. The molecule has 3 rings (SSSR count). The maximum Gasteiger partial charge on any atom is 0.417 e. The van der Waals surface area contributed by atoms with Gasteiger partial charge in [-0.15, -0.1) is 0 Å². The molecule has 172 valence electrons. The van der Waals surface area contributed by atoms with Crippen molar-refractivity contribution >= 4 is 32.2 Å². The fourth-order valence-corrected chi connectivity index (χ4v) is 5.59. The second kappa shape index (κ2) is 8.50. The molecule has 0 spiro atoms. The molecule has 0 aliphatic rings. The van der Waals surface area contributed by atoms with Crippen molar-refractivity contribution in [3.8, 4) is 6.07 Å². The third-order valence-corrected chi connectivity index (χ3v) is 7.16. The number of rotatable bonds is 5. The van der Waals surface area contributed by atoms with Gasteiger partial charge in [-0.2, -0.15) is 18.4 Å². The quantitative estimate of drug-likeness (QED) is 0.574. The maximum atomic E-state index is 13.2. The zero-order chi connectivity index (χ0) is 24.6. The standard InChI is InChI=1S/C23H19F3N2O4S/c1-14-7-8-15-5-3-4-6-18(15)20(14)33(31,32)13-22(2,30)21(29)28-17-10-9-16(12-27)19(11-17)23(24,25)26/h3-11,30H,13H2,1-2H3,(H,28,29). The number of carbonyl (C=O) groups excluding carboxylic acids is 1. The number of nitriles is 1. The molecule has 33 heavy (non-hydrogen) atoms. The first kappa shape index (κ1) is 24.2. The van der Waals surface area contributed by atoms with Gasteiger partial charge in [0, 0.05) is 11.1 Å². The summed E-state index contributed by atoms with van der Waals surface area (Å²) >= 11 is 0. The van der Waals surface area contributed by atoms with Crippen LogP contribution in [0.1, 0.15) is 23.6 Å². The molecule has 1 atom stereocenters. The zero-order valence-corrected chi connectivity index (χ0v) is 18.4. The fraction of sp³-hybridized carbons (Fsp3) is 0.217. The smallest absolute Gasteiger partial charge is 0.379 e. The molecule has 3 aromatic rings. The van der Waals surface area contributed by atoms with Gasteiger partial charge in [0.15, 0.2) is 15.4 Å². The summed E-state index contributed by atoms with van der Waals surface area (Å²) in [7, 11) is -4.19. The average Bonchev–Trinajstić information content (AvgIpc) is 2.71. The second-order valence-corrected chi connectivity index (χ2v) is 9.72. The van der Waals surface area contributed by atoms with Crippen molar-refractivity contribution in [2.45, 2.75) is 30.5 Å². The van der Waals surface area contributed by atoms with E-state index in [2.05, 4.69) is 5.32 Å². The number of anilines is 1. The highest BCUT2D eigenvalue weighted by Crippen LogP contribution is 2.34. The number of hydrogen-bond donors (Lipinski definition) is 2. The summed E-state index contributed by atoms with van der Waals surface area (Å²) in [6, 6.07) is 14.0. The minimum absolute atomic E-state index is 0.0357. The van der Waals surface area contributed by atoms with Crippen molar-refractivity contribution in [2.75, 3.05) is 11.1 Å². The molecule has 0 aliphatic carbocycles. The highest BCUT2D eigenvalue weighted by atomic mass is 32.2. The first-order valence-corrected chi connectivity index (χ1v) is 11.3. The highest BCUT2D eigenvalue weighted by Gasteiger charge is 2.39. The van der Waals surface area contributed by atoms with Crippen LogP contribution in [-0.2, 0) is 20.8 Å². The van der Waals surface area contributed by atoms with Gasteiger partial charge >= 0.3 is 6.18 Å². The minimum atomic E-state index is -4.84. The Morgan fingerprint density at radius 1 is 1.12 bits per heavy atom. The van der Waals surface area contributed by atoms with Gasteiger partial charge in [-0.05, 0) is 43.0 Å². The predicted octanol–water partition coefficient (Wildman–Crippen LogP) is 4.20. The van der Waals surface area contributed by atoms with Crippen LogP contribution >= 0.6 is 0 Å². The van der Waals surface area contributed by atoms with Gasteiger partial charge in [-0.25, -0.2) is 8.42 Å². The van der Waals surface area contributed by atoms with Gasteiger partial charge < -0.3 is 10.4 Å². The Labute approximate surface area is 188 Å². The molecule has 0 bridgehead atoms. The molecule has 0 aromatic heterocycles. The van der Waals surface area contributed by atoms with Crippen LogP contribution in [0.25, 0.3) is 10.8 Å². The molecule has 2 N–H and O–H groups in total. The molecular weight excluding hydrogens is 457 g/mol. The largest absolute Gasteiger partial charge is 0.417 e. The van der Waals surface area contributed by atoms with E-state index in [1.165, 1.54) is 6.07 Å². The van der Waals surface area contributed by atoms with E-state index >= 15 is 0 Å². The summed E-state index contributed by atoms with van der Waals surface area (Å²) in [4.78, 5) is 12.6. The molecular formula is C23H19F3N2O4S. The van der Waals surface area contributed by atoms with Gasteiger partial charge in [-0.3, -0.25) is 4.79 Å². The van der Waals surface area contributed by atoms with E-state index in [1.54, 1.807) is 43.3 Å². The summed E-state index contributed by atoms with van der Waals surface area (Å²) in [5.74, 6) is -2.20. The van der Waals surface area contributed by atoms with Crippen LogP contribution in [0.3, 0.4) is 0 Å². The van der Waals surface area contributed by atoms with E-state index in [9.17, 15) is 31.5 Å². The van der Waals surface area contributed by atoms with Crippen molar-refractivity contribution in [1.82, 2.24) is 0 Å². The number of aryl methyl sites for hydroxylation is 1. The van der Waals surface area contributed by atoms with Crippen molar-refractivity contribution < 1.29 is 31.5 Å². The molecule has 0 radical (unpaired) electrons. The second-order valence-electron chi connectivity index (χ2n) is 7.79. The van der Waals surface area contributed by atoms with Crippen LogP contribution in [0.4, 0.5) is 18.9 Å². The lowest BCUT2D eigenvalue weighted by Crippen LogP contribution is -2.46. The van der Waals surface area contributed by atoms with Crippen LogP contribution in [0.5, 0.6) is 0 Å². The monoisotopic (exact) mass is 476 g/mol. The van der Waals surface area contributed by atoms with Crippen LogP contribution in [0, 0.1) is 18.3 Å². The van der Waals surface area contributed by atoms with Gasteiger partial charge in [0.25, 0.3) is 5.91 Å². The number of amides is 1. The lowest BCUT2D eigenvalue weighted by atomic mass is 10.1. The summed E-state index contributed by atoms with van der Waals surface area (Å²) < 4.78 is 65.9. The van der Waals surface area contributed by atoms with Crippen molar-refractivity contribution in [2.24, 2.45) is 0 Å². The zero-order valence-electron chi connectivity index (χ0n) is 17.6. The number of nitrogens with zero attached hydrogens (tertiary/aromatic N) is 1. The number of carbonyl (C=O) groups is 1. The van der Waals surface area contributed by atoms with Gasteiger partial charge in [0.05, 0.1) is 27.8 Å². The van der Waals surface area contributed by atoms with Crippen LogP contribution < -0.4 is 5.32 Å². The SMILES string of the molecule is Cc1ccc2ccccc2c1S(=O)(=O)CC(C)(O)C(=O)Nc1ccc(C#N)c(C(F)(F)F)c1. The molecule has 1 amide bonds. The van der Waals surface area contributed by atoms with Gasteiger partial charge in [-0.1, -0.05) is 36.4 Å². The van der Waals surface area contributed by atoms with Crippen molar-refractivity contribution in [3.05, 3.63) is 71.3 Å². The number of sulfone groups is 1. The summed E-state index contributed by atoms with van der Waals surface area (Å²) in [5, 5.41) is 22.7. The van der Waals surface area contributed by atoms with E-state index < -0.39 is 44.4 Å². The normalized spacial score (nSPS) is 13.8. The molecule has 6 nitrogen and oxygen atoms in total. The van der Waals surface area contributed by atoms with E-state index in [0.29, 0.717) is 22.4 Å². The molecule has 1 unspecified atom stereocenters. The number of benzene rings is 3. The van der Waals surface area contributed by atoms with Gasteiger partial charge in [0.1, 0.15) is 0 Å². The van der Waals surface area contributed by atoms with E-state index in [-0.39, 0.29) is 10.6 Å². The number of halogens is 3.